The van der Waals surface area contributed by atoms with Crippen molar-refractivity contribution in [3.63, 3.8) is 0 Å². The fraction of sp³-hybridized carbons (Fsp3) is 0.0909. The van der Waals surface area contributed by atoms with E-state index in [0.717, 1.165) is 12.1 Å². The molecular formula is C11H9ClFN3O3S. The number of nitrogens with one attached hydrogen (secondary N) is 1. The summed E-state index contributed by atoms with van der Waals surface area (Å²) in [5.74, 6) is -1.58. The Bertz CT molecular complexity index is 773. The maximum Gasteiger partial charge on any atom is 0.275 e. The fourth-order valence-corrected chi connectivity index (χ4v) is 2.40. The van der Waals surface area contributed by atoms with Gasteiger partial charge in [0.15, 0.2) is 0 Å². The minimum Gasteiger partial charge on any atom is -0.340 e. The first-order valence-electron chi connectivity index (χ1n) is 5.31. The minimum absolute atomic E-state index is 0.0993. The molecule has 6 nitrogen and oxygen atoms in total. The van der Waals surface area contributed by atoms with Crippen LogP contribution in [0.2, 0.25) is 0 Å². The molecule has 2 aromatic rings. The van der Waals surface area contributed by atoms with E-state index in [1.807, 2.05) is 0 Å². The lowest BCUT2D eigenvalue weighted by Crippen LogP contribution is -2.12. The SMILES string of the molecule is Cn1cnc(C(=O)Nc2ccc(S(=O)(=O)Cl)c(F)c2)c1. The number of anilines is 1. The number of hydrogen-bond acceptors (Lipinski definition) is 4. The van der Waals surface area contributed by atoms with Crippen LogP contribution >= 0.6 is 10.7 Å². The predicted octanol–water partition coefficient (Wildman–Crippen LogP) is 1.74. The summed E-state index contributed by atoms with van der Waals surface area (Å²) in [6.07, 6.45) is 2.93. The van der Waals surface area contributed by atoms with E-state index in [1.165, 1.54) is 18.6 Å². The zero-order valence-electron chi connectivity index (χ0n) is 10.2. The van der Waals surface area contributed by atoms with Gasteiger partial charge in [0.25, 0.3) is 15.0 Å². The van der Waals surface area contributed by atoms with E-state index in [4.69, 9.17) is 10.7 Å². The summed E-state index contributed by atoms with van der Waals surface area (Å²) < 4.78 is 37.2. The molecule has 0 spiro atoms. The lowest BCUT2D eigenvalue weighted by molar-refractivity contribution is 0.102. The van der Waals surface area contributed by atoms with Crippen molar-refractivity contribution >= 4 is 31.3 Å². The molecule has 1 heterocycles. The summed E-state index contributed by atoms with van der Waals surface area (Å²) in [5, 5.41) is 2.40. The summed E-state index contributed by atoms with van der Waals surface area (Å²) in [6.45, 7) is 0. The average molecular weight is 318 g/mol. The van der Waals surface area contributed by atoms with Gasteiger partial charge in [-0.2, -0.15) is 0 Å². The third kappa shape index (κ3) is 3.14. The van der Waals surface area contributed by atoms with Gasteiger partial charge in [-0.05, 0) is 18.2 Å². The lowest BCUT2D eigenvalue weighted by Gasteiger charge is -2.05. The van der Waals surface area contributed by atoms with Crippen LogP contribution in [0.5, 0.6) is 0 Å². The van der Waals surface area contributed by atoms with E-state index in [-0.39, 0.29) is 11.4 Å². The number of imidazole rings is 1. The maximum atomic E-state index is 13.6. The molecule has 0 radical (unpaired) electrons. The van der Waals surface area contributed by atoms with Crippen molar-refractivity contribution in [3.8, 4) is 0 Å². The van der Waals surface area contributed by atoms with E-state index in [1.54, 1.807) is 11.6 Å². The number of amides is 1. The standard InChI is InChI=1S/C11H9ClFN3O3S/c1-16-5-9(14-6-16)11(17)15-7-2-3-10(8(13)4-7)20(12,18)19/h2-6H,1H3,(H,15,17). The van der Waals surface area contributed by atoms with Gasteiger partial charge in [0.05, 0.1) is 6.33 Å². The highest BCUT2D eigenvalue weighted by molar-refractivity contribution is 8.13. The first kappa shape index (κ1) is 14.5. The van der Waals surface area contributed by atoms with Gasteiger partial charge in [-0.25, -0.2) is 17.8 Å². The largest absolute Gasteiger partial charge is 0.340 e. The highest BCUT2D eigenvalue weighted by Gasteiger charge is 2.17. The molecule has 1 amide bonds. The van der Waals surface area contributed by atoms with Gasteiger partial charge in [0, 0.05) is 29.6 Å². The molecule has 0 atom stereocenters. The normalized spacial score (nSPS) is 11.3. The Morgan fingerprint density at radius 3 is 2.65 bits per heavy atom. The number of nitrogens with zero attached hydrogens (tertiary/aromatic N) is 2. The van der Waals surface area contributed by atoms with E-state index in [0.29, 0.717) is 0 Å². The Labute approximate surface area is 118 Å². The average Bonchev–Trinajstić information content (AvgIpc) is 2.74. The van der Waals surface area contributed by atoms with Crippen molar-refractivity contribution in [1.82, 2.24) is 9.55 Å². The van der Waals surface area contributed by atoms with Crippen LogP contribution in [0.15, 0.2) is 35.6 Å². The zero-order chi connectivity index (χ0) is 14.9. The minimum atomic E-state index is -4.16. The maximum absolute atomic E-state index is 13.6. The van der Waals surface area contributed by atoms with Gasteiger partial charge >= 0.3 is 0 Å². The molecule has 0 bridgehead atoms. The number of aryl methyl sites for hydroxylation is 1. The Kier molecular flexibility index (Phi) is 3.78. The molecule has 0 saturated heterocycles. The second-order valence-corrected chi connectivity index (χ2v) is 6.50. The van der Waals surface area contributed by atoms with Gasteiger partial charge in [-0.15, -0.1) is 0 Å². The molecule has 0 aliphatic carbocycles. The molecule has 106 valence electrons. The molecule has 2 rings (SSSR count). The van der Waals surface area contributed by atoms with E-state index < -0.39 is 25.7 Å². The summed E-state index contributed by atoms with van der Waals surface area (Å²) in [5.41, 5.74) is 0.254. The van der Waals surface area contributed by atoms with Crippen molar-refractivity contribution in [2.24, 2.45) is 7.05 Å². The van der Waals surface area contributed by atoms with Crippen LogP contribution in [0.25, 0.3) is 0 Å². The van der Waals surface area contributed by atoms with Gasteiger partial charge in [0.1, 0.15) is 16.4 Å². The zero-order valence-corrected chi connectivity index (χ0v) is 11.7. The molecule has 1 aromatic heterocycles. The Morgan fingerprint density at radius 2 is 2.15 bits per heavy atom. The summed E-state index contributed by atoms with van der Waals surface area (Å²) in [4.78, 5) is 15.0. The van der Waals surface area contributed by atoms with Gasteiger partial charge in [-0.1, -0.05) is 0 Å². The summed E-state index contributed by atoms with van der Waals surface area (Å²) in [7, 11) is 2.59. The van der Waals surface area contributed by atoms with Crippen LogP contribution in [0.1, 0.15) is 10.5 Å². The molecule has 20 heavy (non-hydrogen) atoms. The molecule has 1 N–H and O–H groups in total. The summed E-state index contributed by atoms with van der Waals surface area (Å²) in [6, 6.07) is 3.08. The molecule has 0 saturated carbocycles. The number of aromatic nitrogens is 2. The quantitative estimate of drug-likeness (QED) is 0.874. The first-order chi connectivity index (χ1) is 9.27. The van der Waals surface area contributed by atoms with E-state index >= 15 is 0 Å². The summed E-state index contributed by atoms with van der Waals surface area (Å²) >= 11 is 0. The molecule has 0 unspecified atom stereocenters. The van der Waals surface area contributed by atoms with Crippen molar-refractivity contribution in [1.29, 1.82) is 0 Å². The van der Waals surface area contributed by atoms with Gasteiger partial charge < -0.3 is 9.88 Å². The third-order valence-corrected chi connectivity index (χ3v) is 3.75. The van der Waals surface area contributed by atoms with Crippen molar-refractivity contribution < 1.29 is 17.6 Å². The molecule has 0 fully saturated rings. The van der Waals surface area contributed by atoms with E-state index in [2.05, 4.69) is 10.3 Å². The second kappa shape index (κ2) is 5.22. The Hall–Kier alpha value is -1.93. The van der Waals surface area contributed by atoms with Crippen molar-refractivity contribution in [3.05, 3.63) is 42.2 Å². The number of carbonyl (C=O) groups is 1. The molecule has 9 heteroatoms. The number of hydrogen-bond donors (Lipinski definition) is 1. The number of halogens is 2. The van der Waals surface area contributed by atoms with Crippen LogP contribution in [0, 0.1) is 5.82 Å². The smallest absolute Gasteiger partial charge is 0.275 e. The van der Waals surface area contributed by atoms with Gasteiger partial charge in [0.2, 0.25) is 0 Å². The monoisotopic (exact) mass is 317 g/mol. The van der Waals surface area contributed by atoms with Crippen LogP contribution in [-0.4, -0.2) is 23.9 Å². The number of rotatable bonds is 3. The molecule has 0 aliphatic rings. The number of carbonyl (C=O) groups excluding carboxylic acids is 1. The van der Waals surface area contributed by atoms with Crippen LogP contribution < -0.4 is 5.32 Å². The molecular weight excluding hydrogens is 309 g/mol. The van der Waals surface area contributed by atoms with Crippen LogP contribution in [0.3, 0.4) is 0 Å². The van der Waals surface area contributed by atoms with Crippen LogP contribution in [0.4, 0.5) is 10.1 Å². The second-order valence-electron chi connectivity index (χ2n) is 3.96. The first-order valence-corrected chi connectivity index (χ1v) is 7.62. The van der Waals surface area contributed by atoms with E-state index in [9.17, 15) is 17.6 Å². The van der Waals surface area contributed by atoms with Gasteiger partial charge in [-0.3, -0.25) is 4.79 Å². The lowest BCUT2D eigenvalue weighted by atomic mass is 10.3. The number of benzene rings is 1. The Morgan fingerprint density at radius 1 is 1.45 bits per heavy atom. The van der Waals surface area contributed by atoms with Crippen molar-refractivity contribution in [2.45, 2.75) is 4.90 Å². The Balaban J connectivity index is 2.23. The van der Waals surface area contributed by atoms with Crippen LogP contribution in [-0.2, 0) is 16.1 Å². The van der Waals surface area contributed by atoms with Crippen molar-refractivity contribution in [2.75, 3.05) is 5.32 Å². The fourth-order valence-electron chi connectivity index (χ4n) is 1.50. The molecule has 0 aliphatic heterocycles. The third-order valence-electron chi connectivity index (χ3n) is 2.39. The predicted molar refractivity (Wildman–Crippen MR) is 70.6 cm³/mol. The topological polar surface area (TPSA) is 81.1 Å². The highest BCUT2D eigenvalue weighted by Crippen LogP contribution is 2.22. The highest BCUT2D eigenvalue weighted by atomic mass is 35.7. The molecule has 1 aromatic carbocycles.